The molecule has 0 saturated heterocycles. The number of hydrogen-bond acceptors (Lipinski definition) is 12. The number of aromatic nitrogens is 4. The van der Waals surface area contributed by atoms with Crippen molar-refractivity contribution in [3.8, 4) is 68.0 Å². The van der Waals surface area contributed by atoms with Crippen LogP contribution in [0.25, 0.3) is 133 Å². The lowest BCUT2D eigenvalue weighted by molar-refractivity contribution is -0.672. The van der Waals surface area contributed by atoms with Crippen molar-refractivity contribution >= 4 is 183 Å². The van der Waals surface area contributed by atoms with Crippen LogP contribution in [0.5, 0.6) is 23.0 Å². The number of rotatable bonds is 0. The smallest absolute Gasteiger partial charge is 0.525 e. The molecule has 0 atom stereocenters. The number of hydrogen-bond donors (Lipinski definition) is 0. The second-order valence-electron chi connectivity index (χ2n) is 33.5. The second kappa shape index (κ2) is 22.4. The molecule has 32 rings (SSSR count). The van der Waals surface area contributed by atoms with E-state index in [2.05, 4.69) is 295 Å². The van der Waals surface area contributed by atoms with Crippen LogP contribution in [0.3, 0.4) is 0 Å². The minimum atomic E-state index is -0.145. The highest BCUT2D eigenvalue weighted by molar-refractivity contribution is 6.79. The van der Waals surface area contributed by atoms with Crippen LogP contribution in [0.15, 0.2) is 291 Å². The summed E-state index contributed by atoms with van der Waals surface area (Å²) in [6.07, 6.45) is 8.79. The number of nitrogens with zero attached hydrogens (tertiary/aromatic N) is 8. The Balaban J connectivity index is 0.0000000807. The van der Waals surface area contributed by atoms with Crippen LogP contribution < -0.4 is 78.0 Å². The number of aryl methyl sites for hydroxylation is 3. The van der Waals surface area contributed by atoms with Gasteiger partial charge in [-0.1, -0.05) is 132 Å². The first-order chi connectivity index (χ1) is 58.6. The Bertz CT molecular complexity index is 8190. The molecule has 12 aliphatic heterocycles. The van der Waals surface area contributed by atoms with Crippen molar-refractivity contribution in [1.29, 1.82) is 0 Å². The van der Waals surface area contributed by atoms with E-state index in [9.17, 15) is 0 Å². The number of benzene rings is 12. The predicted octanol–water partition coefficient (Wildman–Crippen LogP) is 17.5. The molecule has 0 unspecified atom stereocenters. The number of para-hydroxylation sites is 3. The van der Waals surface area contributed by atoms with Crippen molar-refractivity contribution in [1.82, 2.24) is 0 Å². The molecule has 12 aliphatic rings. The van der Waals surface area contributed by atoms with Crippen molar-refractivity contribution in [2.75, 3.05) is 19.2 Å². The standard InChI is InChI=1S/3C25H16BN2O2.C24H14BN2O2/c1-14-7-8-21-16(10-14)17-11-20-23(12-22(17)29-21)30-26-18-5-2-4-15-13-27-9-3-6-19(28(20)26)25(27)24(15)18;1-14-9-20-25-24-15(13-27(25)12-14)5-4-7-18(24)26-28(20)19-10-17-16-6-2-3-8-21(16)29-22(17)11-23(19)30-26;1-14-9-15-13-27-8-4-6-19-25(27)24(15)18(10-14)26-28(19)20-12-22-17(11-23(20)30-26)16-5-2-3-7-21(16)29-22;1-2-9-20-15(6-1)16-11-19-22(12-21(16)28-20)29-25-17-7-3-5-14-13-26-10-4-8-18(27(19)25)24(26)23(14)17/h3*2-12H,13H2,1H3;1-12H,13H2/q4*+1. The van der Waals surface area contributed by atoms with Gasteiger partial charge >= 0.3 is 28.2 Å². The molecule has 0 N–H and O–H groups in total. The fraction of sp³-hybridized carbons (Fsp3) is 0.0707. The highest BCUT2D eigenvalue weighted by Gasteiger charge is 2.56. The maximum atomic E-state index is 6.63. The van der Waals surface area contributed by atoms with Crippen molar-refractivity contribution in [3.63, 3.8) is 0 Å². The van der Waals surface area contributed by atoms with Crippen LogP contribution >= 0.6 is 0 Å². The molecule has 0 aliphatic carbocycles. The third-order valence-electron chi connectivity index (χ3n) is 26.8. The van der Waals surface area contributed by atoms with E-state index in [1.54, 1.807) is 0 Å². The Morgan fingerprint density at radius 2 is 0.613 bits per heavy atom. The summed E-state index contributed by atoms with van der Waals surface area (Å²) in [5, 5.41) is 9.06. The van der Waals surface area contributed by atoms with E-state index in [1.807, 2.05) is 36.4 Å². The minimum Gasteiger partial charge on any atom is -0.536 e. The van der Waals surface area contributed by atoms with E-state index in [0.717, 1.165) is 160 Å². The Kier molecular flexibility index (Phi) is 11.9. The van der Waals surface area contributed by atoms with Crippen LogP contribution in [0.4, 0.5) is 45.5 Å². The molecule has 16 nitrogen and oxygen atoms in total. The molecular formula is C99H62B4N8O8+4. The minimum absolute atomic E-state index is 0.140. The number of furan rings is 4. The zero-order chi connectivity index (χ0) is 77.4. The van der Waals surface area contributed by atoms with Crippen molar-refractivity contribution < 1.29 is 54.6 Å². The fourth-order valence-corrected chi connectivity index (χ4v) is 22.0. The van der Waals surface area contributed by atoms with Crippen LogP contribution in [0.1, 0.15) is 38.9 Å². The number of pyridine rings is 4. The van der Waals surface area contributed by atoms with Crippen LogP contribution in [-0.2, 0) is 26.2 Å². The topological polar surface area (TPSA) is 118 Å². The van der Waals surface area contributed by atoms with Gasteiger partial charge in [-0.2, -0.15) is 18.3 Å². The summed E-state index contributed by atoms with van der Waals surface area (Å²) < 4.78 is 60.3. The lowest BCUT2D eigenvalue weighted by atomic mass is 9.65. The van der Waals surface area contributed by atoms with Crippen LogP contribution in [0.2, 0.25) is 0 Å². The Labute approximate surface area is 680 Å². The molecule has 20 aromatic rings. The third-order valence-corrected chi connectivity index (χ3v) is 26.8. The van der Waals surface area contributed by atoms with Gasteiger partial charge in [-0.25, -0.2) is 0 Å². The van der Waals surface area contributed by atoms with Crippen molar-refractivity contribution in [2.24, 2.45) is 0 Å². The maximum absolute atomic E-state index is 6.63. The summed E-state index contributed by atoms with van der Waals surface area (Å²) in [7, 11) is -0.573. The molecule has 119 heavy (non-hydrogen) atoms. The molecule has 0 spiro atoms. The Morgan fingerprint density at radius 1 is 0.244 bits per heavy atom. The maximum Gasteiger partial charge on any atom is 0.525 e. The Morgan fingerprint density at radius 3 is 1.10 bits per heavy atom. The van der Waals surface area contributed by atoms with Gasteiger partial charge in [-0.15, -0.1) is 0 Å². The van der Waals surface area contributed by atoms with E-state index in [0.29, 0.717) is 0 Å². The van der Waals surface area contributed by atoms with Gasteiger partial charge in [0.05, 0.1) is 45.0 Å². The van der Waals surface area contributed by atoms with Gasteiger partial charge in [-0.3, -0.25) is 0 Å². The van der Waals surface area contributed by atoms with E-state index < -0.39 is 0 Å². The summed E-state index contributed by atoms with van der Waals surface area (Å²) in [6.45, 7) is 10.1. The molecule has 12 aromatic carbocycles. The van der Waals surface area contributed by atoms with Gasteiger partial charge in [-0.05, 0) is 106 Å². The van der Waals surface area contributed by atoms with Gasteiger partial charge in [0.2, 0.25) is 22.8 Å². The third kappa shape index (κ3) is 8.36. The SMILES string of the molecule is Cc1cc2c3[n+](c1)Cc1cccc(c1-3)B1Oc3cc4oc5ccccc5c4cc3N12.Cc1cc2c3c(c1)B1Oc4cc5c(cc4N1c1ccc[n+](c1-3)C2)oc1ccccc15.Cc1ccc2oc3cc4c(cc3c2c1)N1B(O4)c2cccc3c2-c2c1ccc[n+]2C3.c1cc2c3c(c1)B1Oc4cc5oc6ccccc6c5cc4N1c1ccc[n+](c1-3)C2. The van der Waals surface area contributed by atoms with Gasteiger partial charge < -0.3 is 55.5 Å². The zero-order valence-electron chi connectivity index (χ0n) is 64.5. The molecular weight excluding hydrogens is 1470 g/mol. The fourth-order valence-electron chi connectivity index (χ4n) is 22.0. The van der Waals surface area contributed by atoms with E-state index in [4.69, 9.17) is 36.3 Å². The predicted molar refractivity (Wildman–Crippen MR) is 466 cm³/mol. The van der Waals surface area contributed by atoms with Crippen molar-refractivity contribution in [3.05, 3.63) is 312 Å². The summed E-state index contributed by atoms with van der Waals surface area (Å²) >= 11 is 0. The zero-order valence-corrected chi connectivity index (χ0v) is 64.5. The summed E-state index contributed by atoms with van der Waals surface area (Å²) in [5.74, 6) is 3.55. The lowest BCUT2D eigenvalue weighted by Crippen LogP contribution is -2.51. The number of anilines is 8. The van der Waals surface area contributed by atoms with E-state index in [-0.39, 0.29) is 28.2 Å². The largest absolute Gasteiger partial charge is 0.536 e. The summed E-state index contributed by atoms with van der Waals surface area (Å²) in [5.41, 5.74) is 41.2. The van der Waals surface area contributed by atoms with Gasteiger partial charge in [0.15, 0.2) is 51.0 Å². The Hall–Kier alpha value is -14.9. The molecule has 0 saturated carbocycles. The van der Waals surface area contributed by atoms with E-state index >= 15 is 0 Å². The normalized spacial score (nSPS) is 14.8. The molecule has 20 heteroatoms. The average molecular weight is 1530 g/mol. The average Bonchev–Trinajstić information content (AvgIpc) is 1.56. The highest BCUT2D eigenvalue weighted by Crippen LogP contribution is 2.56. The quantitative estimate of drug-likeness (QED) is 0.106. The first-order valence-electron chi connectivity index (χ1n) is 40.9. The molecule has 0 amide bonds. The van der Waals surface area contributed by atoms with E-state index in [1.165, 1.54) is 129 Å². The molecule has 0 fully saturated rings. The van der Waals surface area contributed by atoms with Crippen molar-refractivity contribution in [2.45, 2.75) is 47.0 Å². The van der Waals surface area contributed by atoms with Gasteiger partial charge in [0.25, 0.3) is 0 Å². The first kappa shape index (κ1) is 63.4. The highest BCUT2D eigenvalue weighted by atomic mass is 16.5. The van der Waals surface area contributed by atoms with Gasteiger partial charge in [0.1, 0.15) is 90.4 Å². The molecule has 20 heterocycles. The second-order valence-corrected chi connectivity index (χ2v) is 33.5. The van der Waals surface area contributed by atoms with Crippen LogP contribution in [-0.4, -0.2) is 28.2 Å². The number of fused-ring (bicyclic) bond motifs is 32. The summed E-state index contributed by atoms with van der Waals surface area (Å²) in [6, 6.07) is 87.8. The molecule has 0 bridgehead atoms. The molecule has 554 valence electrons. The summed E-state index contributed by atoms with van der Waals surface area (Å²) in [4.78, 5) is 9.41. The first-order valence-corrected chi connectivity index (χ1v) is 40.9. The molecule has 8 aromatic heterocycles. The monoisotopic (exact) mass is 1530 g/mol. The van der Waals surface area contributed by atoms with Gasteiger partial charge in [0, 0.05) is 135 Å². The lowest BCUT2D eigenvalue weighted by Gasteiger charge is -2.28. The van der Waals surface area contributed by atoms with Crippen LogP contribution in [0, 0.1) is 20.8 Å². The molecule has 0 radical (unpaired) electrons.